The lowest BCUT2D eigenvalue weighted by Gasteiger charge is -2.13. The molecule has 1 heterocycles. The van der Waals surface area contributed by atoms with Crippen molar-refractivity contribution in [2.24, 2.45) is 0 Å². The average molecular weight is 239 g/mol. The largest absolute Gasteiger partial charge is 0.359 e. The molecule has 0 saturated carbocycles. The van der Waals surface area contributed by atoms with E-state index in [9.17, 15) is 0 Å². The molecule has 0 radical (unpaired) electrons. The Bertz CT molecular complexity index is 357. The van der Waals surface area contributed by atoms with Gasteiger partial charge in [0.1, 0.15) is 0 Å². The third kappa shape index (κ3) is 4.39. The van der Waals surface area contributed by atoms with Crippen molar-refractivity contribution in [3.63, 3.8) is 0 Å². The lowest BCUT2D eigenvalue weighted by atomic mass is 10.4. The second-order valence-corrected chi connectivity index (χ2v) is 4.26. The Balaban J connectivity index is 2.51. The predicted octanol–water partition coefficient (Wildman–Crippen LogP) is 1.29. The van der Waals surface area contributed by atoms with Crippen LogP contribution in [0.2, 0.25) is 0 Å². The Morgan fingerprint density at radius 3 is 2.31 bits per heavy atom. The van der Waals surface area contributed by atoms with Crippen LogP contribution in [0.4, 0.5) is 5.95 Å². The number of rotatable bonds is 3. The fourth-order valence-corrected chi connectivity index (χ4v) is 1.48. The molecule has 0 unspecified atom stereocenters. The molecule has 0 aliphatic carbocycles. The van der Waals surface area contributed by atoms with Crippen LogP contribution in [0.1, 0.15) is 25.2 Å². The minimum Gasteiger partial charge on any atom is -0.359 e. The van der Waals surface area contributed by atoms with E-state index < -0.39 is 0 Å². The number of hydrazine groups is 1. The van der Waals surface area contributed by atoms with Gasteiger partial charge >= 0.3 is 0 Å². The Morgan fingerprint density at radius 1 is 1.25 bits per heavy atom. The van der Waals surface area contributed by atoms with Crippen LogP contribution in [0.25, 0.3) is 0 Å². The Kier molecular flexibility index (Phi) is 4.42. The van der Waals surface area contributed by atoms with Crippen molar-refractivity contribution in [1.29, 1.82) is 0 Å². The number of thiocarbonyl (C=S) groups is 1. The summed E-state index contributed by atoms with van der Waals surface area (Å²) in [4.78, 5) is 8.43. The molecule has 88 valence electrons. The summed E-state index contributed by atoms with van der Waals surface area (Å²) in [6.45, 7) is 7.87. The maximum absolute atomic E-state index is 5.05. The van der Waals surface area contributed by atoms with Gasteiger partial charge in [-0.2, -0.15) is 0 Å². The van der Waals surface area contributed by atoms with Crippen molar-refractivity contribution in [3.05, 3.63) is 17.5 Å². The summed E-state index contributed by atoms with van der Waals surface area (Å²) in [6.07, 6.45) is 0. The summed E-state index contributed by atoms with van der Waals surface area (Å²) >= 11 is 5.05. The van der Waals surface area contributed by atoms with Gasteiger partial charge in [-0.25, -0.2) is 9.97 Å². The van der Waals surface area contributed by atoms with Gasteiger partial charge < -0.3 is 5.32 Å². The van der Waals surface area contributed by atoms with Crippen molar-refractivity contribution in [1.82, 2.24) is 20.7 Å². The fraction of sp³-hybridized carbons (Fsp3) is 0.500. The van der Waals surface area contributed by atoms with Crippen LogP contribution in [0, 0.1) is 13.8 Å². The molecule has 1 aromatic heterocycles. The average Bonchev–Trinajstić information content (AvgIpc) is 2.12. The zero-order valence-electron chi connectivity index (χ0n) is 9.96. The zero-order valence-corrected chi connectivity index (χ0v) is 10.8. The number of nitrogens with one attached hydrogen (secondary N) is 3. The first kappa shape index (κ1) is 12.6. The monoisotopic (exact) mass is 239 g/mol. The smallest absolute Gasteiger partial charge is 0.242 e. The lowest BCUT2D eigenvalue weighted by Crippen LogP contribution is -2.42. The van der Waals surface area contributed by atoms with Crippen LogP contribution in [0.15, 0.2) is 6.07 Å². The van der Waals surface area contributed by atoms with Crippen molar-refractivity contribution in [2.45, 2.75) is 33.7 Å². The van der Waals surface area contributed by atoms with Gasteiger partial charge in [-0.1, -0.05) is 0 Å². The summed E-state index contributed by atoms with van der Waals surface area (Å²) in [5.41, 5.74) is 7.52. The van der Waals surface area contributed by atoms with E-state index in [-0.39, 0.29) is 0 Å². The van der Waals surface area contributed by atoms with Crippen LogP contribution in [0.5, 0.6) is 0 Å². The molecule has 0 saturated heterocycles. The van der Waals surface area contributed by atoms with E-state index in [0.717, 1.165) is 11.4 Å². The molecule has 16 heavy (non-hydrogen) atoms. The van der Waals surface area contributed by atoms with E-state index >= 15 is 0 Å². The maximum Gasteiger partial charge on any atom is 0.242 e. The molecule has 1 aromatic rings. The number of nitrogens with zero attached hydrogens (tertiary/aromatic N) is 2. The molecule has 0 aromatic carbocycles. The minimum atomic E-state index is 0.293. The van der Waals surface area contributed by atoms with Gasteiger partial charge in [-0.05, 0) is 46.0 Å². The molecule has 0 fully saturated rings. The number of hydrogen-bond donors (Lipinski definition) is 3. The van der Waals surface area contributed by atoms with Gasteiger partial charge in [0.05, 0.1) is 0 Å². The summed E-state index contributed by atoms with van der Waals surface area (Å²) in [7, 11) is 0. The van der Waals surface area contributed by atoms with E-state index in [4.69, 9.17) is 12.2 Å². The third-order valence-electron chi connectivity index (χ3n) is 1.69. The van der Waals surface area contributed by atoms with E-state index in [0.29, 0.717) is 17.1 Å². The van der Waals surface area contributed by atoms with Crippen LogP contribution in [0.3, 0.4) is 0 Å². The topological polar surface area (TPSA) is 61.9 Å². The molecule has 0 aliphatic rings. The number of aryl methyl sites for hydroxylation is 2. The van der Waals surface area contributed by atoms with E-state index in [1.807, 2.05) is 33.8 Å². The SMILES string of the molecule is Cc1cc(C)nc(NNC(=S)NC(C)C)n1. The fourth-order valence-electron chi connectivity index (χ4n) is 1.19. The van der Waals surface area contributed by atoms with Gasteiger partial charge in [0.2, 0.25) is 5.95 Å². The van der Waals surface area contributed by atoms with Gasteiger partial charge in [0.25, 0.3) is 0 Å². The highest BCUT2D eigenvalue weighted by Gasteiger charge is 2.00. The second-order valence-electron chi connectivity index (χ2n) is 3.85. The van der Waals surface area contributed by atoms with Crippen LogP contribution >= 0.6 is 12.2 Å². The van der Waals surface area contributed by atoms with Gasteiger partial charge in [0.15, 0.2) is 5.11 Å². The van der Waals surface area contributed by atoms with Crippen molar-refractivity contribution < 1.29 is 0 Å². The summed E-state index contributed by atoms with van der Waals surface area (Å²) in [6, 6.07) is 2.21. The highest BCUT2D eigenvalue weighted by molar-refractivity contribution is 7.80. The van der Waals surface area contributed by atoms with E-state index in [1.165, 1.54) is 0 Å². The van der Waals surface area contributed by atoms with Gasteiger partial charge in [0, 0.05) is 17.4 Å². The van der Waals surface area contributed by atoms with E-state index in [1.54, 1.807) is 0 Å². The molecule has 0 spiro atoms. The molecule has 6 heteroatoms. The Hall–Kier alpha value is -1.43. The van der Waals surface area contributed by atoms with Crippen molar-refractivity contribution in [2.75, 3.05) is 5.43 Å². The van der Waals surface area contributed by atoms with Crippen molar-refractivity contribution in [3.8, 4) is 0 Å². The summed E-state index contributed by atoms with van der Waals surface area (Å²) < 4.78 is 0. The number of hydrogen-bond acceptors (Lipinski definition) is 4. The van der Waals surface area contributed by atoms with Crippen LogP contribution in [-0.2, 0) is 0 Å². The molecule has 0 atom stereocenters. The third-order valence-corrected chi connectivity index (χ3v) is 1.91. The number of aromatic nitrogens is 2. The standard InChI is InChI=1S/C10H17N5S/c1-6(2)11-10(16)15-14-9-12-7(3)5-8(4)13-9/h5-6H,1-4H3,(H2,11,15,16)(H,12,13,14). The highest BCUT2D eigenvalue weighted by Crippen LogP contribution is 2.01. The van der Waals surface area contributed by atoms with Crippen LogP contribution in [-0.4, -0.2) is 21.1 Å². The molecule has 0 amide bonds. The molecule has 5 nitrogen and oxygen atoms in total. The Morgan fingerprint density at radius 2 is 1.81 bits per heavy atom. The normalized spacial score (nSPS) is 10.1. The maximum atomic E-state index is 5.05. The first-order valence-corrected chi connectivity index (χ1v) is 5.53. The zero-order chi connectivity index (χ0) is 12.1. The van der Waals surface area contributed by atoms with Gasteiger partial charge in [-0.3, -0.25) is 10.9 Å². The highest BCUT2D eigenvalue weighted by atomic mass is 32.1. The molecule has 0 aliphatic heterocycles. The van der Waals surface area contributed by atoms with E-state index in [2.05, 4.69) is 26.1 Å². The number of anilines is 1. The first-order chi connectivity index (χ1) is 7.47. The lowest BCUT2D eigenvalue weighted by molar-refractivity contribution is 0.723. The molecular formula is C10H17N5S. The summed E-state index contributed by atoms with van der Waals surface area (Å²) in [5, 5.41) is 3.57. The second kappa shape index (κ2) is 5.60. The first-order valence-electron chi connectivity index (χ1n) is 5.12. The molecule has 1 rings (SSSR count). The minimum absolute atomic E-state index is 0.293. The predicted molar refractivity (Wildman–Crippen MR) is 69.1 cm³/mol. The molecular weight excluding hydrogens is 222 g/mol. The van der Waals surface area contributed by atoms with Crippen molar-refractivity contribution >= 4 is 23.3 Å². The summed E-state index contributed by atoms with van der Waals surface area (Å²) in [5.74, 6) is 0.519. The molecule has 3 N–H and O–H groups in total. The quantitative estimate of drug-likeness (QED) is 0.546. The van der Waals surface area contributed by atoms with Crippen LogP contribution < -0.4 is 16.2 Å². The molecule has 0 bridgehead atoms. The Labute approximate surface area is 101 Å². The van der Waals surface area contributed by atoms with Gasteiger partial charge in [-0.15, -0.1) is 0 Å².